The Balaban J connectivity index is 1.53. The minimum atomic E-state index is -0.292. The number of carbonyl (C=O) groups is 1. The smallest absolute Gasteiger partial charge is 0.234 e. The standard InChI is InChI=1S/C19H20FN5O/c1-25(12-14-3-2-8-21-9-14)13-18(26)22-10-16-11-23-24-19(16)15-4-6-17(20)7-5-15/h2-9,11H,10,12-13H2,1H3,(H,22,26)(H,23,24). The van der Waals surface area contributed by atoms with Gasteiger partial charge in [0.1, 0.15) is 5.82 Å². The summed E-state index contributed by atoms with van der Waals surface area (Å²) in [5.41, 5.74) is 3.49. The molecule has 3 rings (SSSR count). The number of aromatic amines is 1. The predicted octanol–water partition coefficient (Wildman–Crippen LogP) is 2.36. The molecular formula is C19H20FN5O. The summed E-state index contributed by atoms with van der Waals surface area (Å²) in [6.07, 6.45) is 5.17. The molecule has 0 unspecified atom stereocenters. The number of carbonyl (C=O) groups excluding carboxylic acids is 1. The number of hydrogen-bond donors (Lipinski definition) is 2. The number of pyridine rings is 1. The first-order valence-electron chi connectivity index (χ1n) is 8.24. The third kappa shape index (κ3) is 4.73. The van der Waals surface area contributed by atoms with E-state index in [1.165, 1.54) is 12.1 Å². The first-order valence-corrected chi connectivity index (χ1v) is 8.24. The molecule has 7 heteroatoms. The van der Waals surface area contributed by atoms with Gasteiger partial charge in [-0.15, -0.1) is 0 Å². The summed E-state index contributed by atoms with van der Waals surface area (Å²) in [6.45, 7) is 1.27. The molecule has 26 heavy (non-hydrogen) atoms. The fourth-order valence-electron chi connectivity index (χ4n) is 2.67. The number of amides is 1. The molecule has 134 valence electrons. The van der Waals surface area contributed by atoms with Crippen LogP contribution in [0.5, 0.6) is 0 Å². The lowest BCUT2D eigenvalue weighted by molar-refractivity contribution is -0.122. The van der Waals surface area contributed by atoms with E-state index in [2.05, 4.69) is 20.5 Å². The van der Waals surface area contributed by atoms with E-state index >= 15 is 0 Å². The van der Waals surface area contributed by atoms with Gasteiger partial charge in [0.2, 0.25) is 5.91 Å². The Kier molecular flexibility index (Phi) is 5.70. The normalized spacial score (nSPS) is 10.9. The van der Waals surface area contributed by atoms with E-state index in [1.54, 1.807) is 30.7 Å². The summed E-state index contributed by atoms with van der Waals surface area (Å²) < 4.78 is 13.1. The molecule has 0 saturated carbocycles. The number of aromatic nitrogens is 3. The van der Waals surface area contributed by atoms with Gasteiger partial charge in [0, 0.05) is 36.6 Å². The summed E-state index contributed by atoms with van der Waals surface area (Å²) in [4.78, 5) is 18.2. The van der Waals surface area contributed by atoms with E-state index < -0.39 is 0 Å². The Labute approximate surface area is 151 Å². The van der Waals surface area contributed by atoms with Gasteiger partial charge in [-0.25, -0.2) is 4.39 Å². The predicted molar refractivity (Wildman–Crippen MR) is 96.4 cm³/mol. The van der Waals surface area contributed by atoms with E-state index in [4.69, 9.17) is 0 Å². The number of halogens is 1. The summed E-state index contributed by atoms with van der Waals surface area (Å²) in [5.74, 6) is -0.373. The topological polar surface area (TPSA) is 73.9 Å². The Morgan fingerprint density at radius 1 is 1.23 bits per heavy atom. The molecule has 0 atom stereocenters. The molecule has 0 bridgehead atoms. The van der Waals surface area contributed by atoms with Crippen LogP contribution in [0.2, 0.25) is 0 Å². The molecule has 0 fully saturated rings. The third-order valence-electron chi connectivity index (χ3n) is 3.92. The maximum atomic E-state index is 13.1. The number of nitrogens with one attached hydrogen (secondary N) is 2. The van der Waals surface area contributed by atoms with Crippen molar-refractivity contribution in [3.05, 3.63) is 71.9 Å². The van der Waals surface area contributed by atoms with Crippen LogP contribution in [0.15, 0.2) is 55.0 Å². The van der Waals surface area contributed by atoms with E-state index in [-0.39, 0.29) is 18.3 Å². The highest BCUT2D eigenvalue weighted by atomic mass is 19.1. The highest BCUT2D eigenvalue weighted by Crippen LogP contribution is 2.21. The lowest BCUT2D eigenvalue weighted by Crippen LogP contribution is -2.34. The van der Waals surface area contributed by atoms with Gasteiger partial charge < -0.3 is 5.32 Å². The van der Waals surface area contributed by atoms with Crippen molar-refractivity contribution in [2.45, 2.75) is 13.1 Å². The van der Waals surface area contributed by atoms with Crippen molar-refractivity contribution in [3.63, 3.8) is 0 Å². The molecule has 0 spiro atoms. The average Bonchev–Trinajstić information content (AvgIpc) is 3.10. The van der Waals surface area contributed by atoms with Gasteiger partial charge in [0.15, 0.2) is 0 Å². The quantitative estimate of drug-likeness (QED) is 0.684. The highest BCUT2D eigenvalue weighted by molar-refractivity contribution is 5.78. The third-order valence-corrected chi connectivity index (χ3v) is 3.92. The van der Waals surface area contributed by atoms with Crippen molar-refractivity contribution in [1.29, 1.82) is 0 Å². The number of likely N-dealkylation sites (N-methyl/N-ethyl adjacent to an activating group) is 1. The Morgan fingerprint density at radius 3 is 2.77 bits per heavy atom. The average molecular weight is 353 g/mol. The molecule has 0 aliphatic carbocycles. The molecule has 1 amide bonds. The Hall–Kier alpha value is -3.06. The van der Waals surface area contributed by atoms with E-state index in [9.17, 15) is 9.18 Å². The minimum absolute atomic E-state index is 0.0809. The van der Waals surface area contributed by atoms with Crippen molar-refractivity contribution in [3.8, 4) is 11.3 Å². The van der Waals surface area contributed by atoms with Gasteiger partial charge >= 0.3 is 0 Å². The second-order valence-electron chi connectivity index (χ2n) is 6.09. The number of nitrogens with zero attached hydrogens (tertiary/aromatic N) is 3. The van der Waals surface area contributed by atoms with Crippen LogP contribution in [-0.2, 0) is 17.9 Å². The highest BCUT2D eigenvalue weighted by Gasteiger charge is 2.11. The SMILES string of the molecule is CN(CC(=O)NCc1cn[nH]c1-c1ccc(F)cc1)Cc1cccnc1. The van der Waals surface area contributed by atoms with E-state index in [0.29, 0.717) is 13.1 Å². The molecule has 0 saturated heterocycles. The second kappa shape index (κ2) is 8.35. The molecule has 2 aromatic heterocycles. The lowest BCUT2D eigenvalue weighted by atomic mass is 10.1. The van der Waals surface area contributed by atoms with Crippen LogP contribution in [0, 0.1) is 5.82 Å². The van der Waals surface area contributed by atoms with Gasteiger partial charge in [-0.2, -0.15) is 5.10 Å². The zero-order valence-electron chi connectivity index (χ0n) is 14.4. The number of hydrogen-bond acceptors (Lipinski definition) is 4. The van der Waals surface area contributed by atoms with E-state index in [1.807, 2.05) is 24.1 Å². The summed E-state index contributed by atoms with van der Waals surface area (Å²) in [7, 11) is 1.88. The van der Waals surface area contributed by atoms with Gasteiger partial charge in [-0.05, 0) is 42.9 Å². The molecule has 1 aromatic carbocycles. The molecule has 6 nitrogen and oxygen atoms in total. The van der Waals surface area contributed by atoms with Crippen molar-refractivity contribution >= 4 is 5.91 Å². The van der Waals surface area contributed by atoms with Crippen molar-refractivity contribution in [2.24, 2.45) is 0 Å². The number of benzene rings is 1. The van der Waals surface area contributed by atoms with Crippen molar-refractivity contribution in [1.82, 2.24) is 25.4 Å². The molecule has 0 radical (unpaired) electrons. The maximum Gasteiger partial charge on any atom is 0.234 e. The summed E-state index contributed by atoms with van der Waals surface area (Å²) in [6, 6.07) is 9.99. The fraction of sp³-hybridized carbons (Fsp3) is 0.211. The van der Waals surface area contributed by atoms with Crippen LogP contribution in [0.25, 0.3) is 11.3 Å². The van der Waals surface area contributed by atoms with Crippen LogP contribution < -0.4 is 5.32 Å². The molecule has 0 aliphatic rings. The first kappa shape index (κ1) is 17.8. The zero-order chi connectivity index (χ0) is 18.4. The van der Waals surface area contributed by atoms with E-state index in [0.717, 1.165) is 22.4 Å². The maximum absolute atomic E-state index is 13.1. The monoisotopic (exact) mass is 353 g/mol. The van der Waals surface area contributed by atoms with Crippen molar-refractivity contribution in [2.75, 3.05) is 13.6 Å². The Morgan fingerprint density at radius 2 is 2.04 bits per heavy atom. The molecule has 2 N–H and O–H groups in total. The van der Waals surface area contributed by atoms with Crippen LogP contribution >= 0.6 is 0 Å². The summed E-state index contributed by atoms with van der Waals surface area (Å²) >= 11 is 0. The van der Waals surface area contributed by atoms with Crippen LogP contribution in [0.3, 0.4) is 0 Å². The molecule has 2 heterocycles. The number of rotatable bonds is 7. The number of H-pyrrole nitrogens is 1. The second-order valence-corrected chi connectivity index (χ2v) is 6.09. The minimum Gasteiger partial charge on any atom is -0.351 e. The van der Waals surface area contributed by atoms with Gasteiger partial charge in [0.25, 0.3) is 0 Å². The first-order chi connectivity index (χ1) is 12.6. The van der Waals surface area contributed by atoms with Crippen molar-refractivity contribution < 1.29 is 9.18 Å². The van der Waals surface area contributed by atoms with Crippen LogP contribution in [-0.4, -0.2) is 39.6 Å². The molecular weight excluding hydrogens is 333 g/mol. The largest absolute Gasteiger partial charge is 0.351 e. The fourth-order valence-corrected chi connectivity index (χ4v) is 2.67. The zero-order valence-corrected chi connectivity index (χ0v) is 14.4. The Bertz CT molecular complexity index is 848. The van der Waals surface area contributed by atoms with Crippen LogP contribution in [0.4, 0.5) is 4.39 Å². The molecule has 0 aliphatic heterocycles. The van der Waals surface area contributed by atoms with Gasteiger partial charge in [-0.3, -0.25) is 19.8 Å². The van der Waals surface area contributed by atoms with Crippen LogP contribution in [0.1, 0.15) is 11.1 Å². The molecule has 3 aromatic rings. The van der Waals surface area contributed by atoms with Gasteiger partial charge in [-0.1, -0.05) is 6.07 Å². The summed E-state index contributed by atoms with van der Waals surface area (Å²) in [5, 5.41) is 9.82. The lowest BCUT2D eigenvalue weighted by Gasteiger charge is -2.16. The van der Waals surface area contributed by atoms with Gasteiger partial charge in [0.05, 0.1) is 18.4 Å².